The average molecular weight is 266 g/mol. The first-order chi connectivity index (χ1) is 9.33. The van der Waals surface area contributed by atoms with Gasteiger partial charge in [-0.15, -0.1) is 0 Å². The Balaban J connectivity index is 1.66. The predicted molar refractivity (Wildman–Crippen MR) is 69.7 cm³/mol. The molecule has 0 unspecified atom stereocenters. The van der Waals surface area contributed by atoms with Gasteiger partial charge in [0.2, 0.25) is 0 Å². The third-order valence-corrected chi connectivity index (χ3v) is 3.69. The van der Waals surface area contributed by atoms with E-state index in [0.29, 0.717) is 6.61 Å². The number of rotatable bonds is 3. The molecule has 1 N–H and O–H groups in total. The molecule has 5 heteroatoms. The zero-order valence-electron chi connectivity index (χ0n) is 11.0. The van der Waals surface area contributed by atoms with Crippen molar-refractivity contribution >= 4 is 0 Å². The van der Waals surface area contributed by atoms with Gasteiger partial charge >= 0.3 is 0 Å². The molecule has 1 aromatic carbocycles. The molecule has 0 aliphatic carbocycles. The molecule has 1 fully saturated rings. The molecular weight excluding hydrogens is 247 g/mol. The SMILES string of the molecule is Fc1cc2c(cc1CCN1CCNCC1)OCOC2. The molecule has 4 nitrogen and oxygen atoms in total. The van der Waals surface area contributed by atoms with Gasteiger partial charge in [-0.1, -0.05) is 0 Å². The second-order valence-electron chi connectivity index (χ2n) is 5.00. The van der Waals surface area contributed by atoms with Crippen LogP contribution in [0.3, 0.4) is 0 Å². The van der Waals surface area contributed by atoms with Gasteiger partial charge in [0.25, 0.3) is 0 Å². The smallest absolute Gasteiger partial charge is 0.189 e. The molecule has 0 saturated carbocycles. The van der Waals surface area contributed by atoms with Crippen molar-refractivity contribution in [1.82, 2.24) is 10.2 Å². The maximum absolute atomic E-state index is 14.0. The van der Waals surface area contributed by atoms with E-state index in [1.807, 2.05) is 6.07 Å². The third kappa shape index (κ3) is 3.05. The van der Waals surface area contributed by atoms with Crippen molar-refractivity contribution in [3.63, 3.8) is 0 Å². The summed E-state index contributed by atoms with van der Waals surface area (Å²) in [6, 6.07) is 3.37. The summed E-state index contributed by atoms with van der Waals surface area (Å²) in [7, 11) is 0. The van der Waals surface area contributed by atoms with Crippen LogP contribution in [0, 0.1) is 5.82 Å². The summed E-state index contributed by atoms with van der Waals surface area (Å²) in [5, 5.41) is 3.32. The quantitative estimate of drug-likeness (QED) is 0.889. The number of ether oxygens (including phenoxy) is 2. The molecule has 0 amide bonds. The zero-order chi connectivity index (χ0) is 13.1. The Kier molecular flexibility index (Phi) is 3.96. The summed E-state index contributed by atoms with van der Waals surface area (Å²) in [5.41, 5.74) is 1.54. The minimum Gasteiger partial charge on any atom is -0.467 e. The number of fused-ring (bicyclic) bond motifs is 1. The van der Waals surface area contributed by atoms with Crippen LogP contribution in [0.5, 0.6) is 5.75 Å². The molecule has 19 heavy (non-hydrogen) atoms. The minimum atomic E-state index is -0.150. The lowest BCUT2D eigenvalue weighted by molar-refractivity contribution is -0.0166. The van der Waals surface area contributed by atoms with Crippen LogP contribution in [0.25, 0.3) is 0 Å². The largest absolute Gasteiger partial charge is 0.467 e. The van der Waals surface area contributed by atoms with Crippen LogP contribution in [-0.2, 0) is 17.8 Å². The number of benzene rings is 1. The number of hydrogen-bond acceptors (Lipinski definition) is 4. The standard InChI is InChI=1S/C14H19FN2O2/c15-13-7-12-9-18-10-19-14(12)8-11(13)1-4-17-5-2-16-3-6-17/h7-8,16H,1-6,9-10H2. The second-order valence-corrected chi connectivity index (χ2v) is 5.00. The van der Waals surface area contributed by atoms with E-state index in [1.54, 1.807) is 6.07 Å². The van der Waals surface area contributed by atoms with Gasteiger partial charge in [-0.3, -0.25) is 0 Å². The van der Waals surface area contributed by atoms with Crippen molar-refractivity contribution in [1.29, 1.82) is 0 Å². The highest BCUT2D eigenvalue weighted by Crippen LogP contribution is 2.27. The van der Waals surface area contributed by atoms with Crippen molar-refractivity contribution in [2.24, 2.45) is 0 Å². The highest BCUT2D eigenvalue weighted by molar-refractivity contribution is 5.39. The first-order valence-corrected chi connectivity index (χ1v) is 6.78. The fourth-order valence-electron chi connectivity index (χ4n) is 2.55. The van der Waals surface area contributed by atoms with Crippen LogP contribution in [0.2, 0.25) is 0 Å². The van der Waals surface area contributed by atoms with Crippen molar-refractivity contribution in [2.45, 2.75) is 13.0 Å². The molecule has 0 radical (unpaired) electrons. The molecular formula is C14H19FN2O2. The first kappa shape index (κ1) is 12.8. The Morgan fingerprint density at radius 2 is 2.11 bits per heavy atom. The Morgan fingerprint density at radius 3 is 2.95 bits per heavy atom. The maximum atomic E-state index is 14.0. The van der Waals surface area contributed by atoms with Gasteiger partial charge in [0.15, 0.2) is 6.79 Å². The number of nitrogens with zero attached hydrogens (tertiary/aromatic N) is 1. The van der Waals surface area contributed by atoms with Gasteiger partial charge < -0.3 is 19.7 Å². The molecule has 0 atom stereocenters. The van der Waals surface area contributed by atoms with Crippen molar-refractivity contribution in [2.75, 3.05) is 39.5 Å². The van der Waals surface area contributed by atoms with Crippen LogP contribution in [0.1, 0.15) is 11.1 Å². The predicted octanol–water partition coefficient (Wildman–Crippen LogP) is 1.14. The summed E-state index contributed by atoms with van der Waals surface area (Å²) < 4.78 is 24.5. The van der Waals surface area contributed by atoms with Crippen molar-refractivity contribution < 1.29 is 13.9 Å². The number of hydrogen-bond donors (Lipinski definition) is 1. The number of halogens is 1. The summed E-state index contributed by atoms with van der Waals surface area (Å²) in [4.78, 5) is 2.36. The molecule has 2 aliphatic heterocycles. The van der Waals surface area contributed by atoms with Gasteiger partial charge in [0.1, 0.15) is 11.6 Å². The molecule has 0 bridgehead atoms. The molecule has 0 aromatic heterocycles. The fraction of sp³-hybridized carbons (Fsp3) is 0.571. The zero-order valence-corrected chi connectivity index (χ0v) is 11.0. The van der Waals surface area contributed by atoms with E-state index in [-0.39, 0.29) is 12.6 Å². The Bertz CT molecular complexity index is 447. The van der Waals surface area contributed by atoms with E-state index in [1.165, 1.54) is 0 Å². The highest BCUT2D eigenvalue weighted by atomic mass is 19.1. The van der Waals surface area contributed by atoms with Gasteiger partial charge in [-0.05, 0) is 24.1 Å². The van der Waals surface area contributed by atoms with Crippen LogP contribution in [0.15, 0.2) is 12.1 Å². The number of nitrogens with one attached hydrogen (secondary N) is 1. The molecule has 1 aromatic rings. The van der Waals surface area contributed by atoms with Gasteiger partial charge in [-0.2, -0.15) is 0 Å². The van der Waals surface area contributed by atoms with E-state index in [9.17, 15) is 4.39 Å². The van der Waals surface area contributed by atoms with Gasteiger partial charge in [0, 0.05) is 38.3 Å². The topological polar surface area (TPSA) is 33.7 Å². The van der Waals surface area contributed by atoms with Crippen molar-refractivity contribution in [3.05, 3.63) is 29.1 Å². The fourth-order valence-corrected chi connectivity index (χ4v) is 2.55. The Labute approximate surface area is 112 Å². The normalized spacial score (nSPS) is 19.8. The molecule has 2 aliphatic rings. The summed E-state index contributed by atoms with van der Waals surface area (Å²) in [6.07, 6.45) is 0.726. The van der Waals surface area contributed by atoms with Gasteiger partial charge in [0.05, 0.1) is 6.61 Å². The lowest BCUT2D eigenvalue weighted by Gasteiger charge is -2.27. The maximum Gasteiger partial charge on any atom is 0.189 e. The molecule has 1 saturated heterocycles. The molecule has 3 rings (SSSR count). The summed E-state index contributed by atoms with van der Waals surface area (Å²) in [6.45, 7) is 5.71. The molecule has 0 spiro atoms. The van der Waals surface area contributed by atoms with Crippen LogP contribution in [-0.4, -0.2) is 44.4 Å². The monoisotopic (exact) mass is 266 g/mol. The lowest BCUT2D eigenvalue weighted by atomic mass is 10.1. The van der Waals surface area contributed by atoms with Crippen LogP contribution in [0.4, 0.5) is 4.39 Å². The minimum absolute atomic E-state index is 0.150. The van der Waals surface area contributed by atoms with E-state index in [2.05, 4.69) is 10.2 Å². The number of piperazine rings is 1. The lowest BCUT2D eigenvalue weighted by Crippen LogP contribution is -2.44. The second kappa shape index (κ2) is 5.86. The highest BCUT2D eigenvalue weighted by Gasteiger charge is 2.16. The van der Waals surface area contributed by atoms with E-state index < -0.39 is 0 Å². The summed E-state index contributed by atoms with van der Waals surface area (Å²) >= 11 is 0. The first-order valence-electron chi connectivity index (χ1n) is 6.78. The Morgan fingerprint density at radius 1 is 1.26 bits per heavy atom. The van der Waals surface area contributed by atoms with Crippen LogP contribution >= 0.6 is 0 Å². The summed E-state index contributed by atoms with van der Waals surface area (Å²) in [5.74, 6) is 0.617. The molecule has 2 heterocycles. The third-order valence-electron chi connectivity index (χ3n) is 3.69. The average Bonchev–Trinajstić information content (AvgIpc) is 2.46. The van der Waals surface area contributed by atoms with E-state index >= 15 is 0 Å². The molecule has 104 valence electrons. The van der Waals surface area contributed by atoms with Crippen LogP contribution < -0.4 is 10.1 Å². The van der Waals surface area contributed by atoms with E-state index in [4.69, 9.17) is 9.47 Å². The Hall–Kier alpha value is -1.17. The van der Waals surface area contributed by atoms with Crippen molar-refractivity contribution in [3.8, 4) is 5.75 Å². The van der Waals surface area contributed by atoms with Gasteiger partial charge in [-0.25, -0.2) is 4.39 Å². The van der Waals surface area contributed by atoms with E-state index in [0.717, 1.165) is 56.0 Å².